The molecule has 4 aromatic rings. The van der Waals surface area contributed by atoms with Crippen molar-refractivity contribution in [3.63, 3.8) is 0 Å². The summed E-state index contributed by atoms with van der Waals surface area (Å²) in [7, 11) is 0. The first-order valence-corrected chi connectivity index (χ1v) is 8.15. The van der Waals surface area contributed by atoms with Crippen molar-refractivity contribution in [2.75, 3.05) is 5.32 Å². The van der Waals surface area contributed by atoms with Crippen LogP contribution in [0.25, 0.3) is 10.9 Å². The Bertz CT molecular complexity index is 928. The van der Waals surface area contributed by atoms with Crippen molar-refractivity contribution in [1.29, 1.82) is 0 Å². The highest BCUT2D eigenvalue weighted by Crippen LogP contribution is 2.32. The quantitative estimate of drug-likeness (QED) is 0.598. The third kappa shape index (κ3) is 2.68. The van der Waals surface area contributed by atoms with Crippen LogP contribution in [0.3, 0.4) is 0 Å². The molecule has 0 saturated heterocycles. The number of anilines is 1. The van der Waals surface area contributed by atoms with E-state index in [4.69, 9.17) is 0 Å². The Labute approximate surface area is 137 Å². The van der Waals surface area contributed by atoms with Crippen LogP contribution in [0.5, 0.6) is 0 Å². The predicted octanol–water partition coefficient (Wildman–Crippen LogP) is 3.92. The predicted molar refractivity (Wildman–Crippen MR) is 92.6 cm³/mol. The maximum Gasteiger partial charge on any atom is 0.206 e. The summed E-state index contributed by atoms with van der Waals surface area (Å²) in [6.07, 6.45) is 5.67. The van der Waals surface area contributed by atoms with E-state index in [0.717, 1.165) is 21.2 Å². The molecule has 0 aliphatic rings. The Morgan fingerprint density at radius 3 is 2.70 bits per heavy atom. The van der Waals surface area contributed by atoms with E-state index in [2.05, 4.69) is 49.9 Å². The second-order valence-corrected chi connectivity index (χ2v) is 6.46. The molecule has 0 spiro atoms. The number of aromatic amines is 1. The summed E-state index contributed by atoms with van der Waals surface area (Å²) in [5.41, 5.74) is 3.44. The molecule has 0 aliphatic heterocycles. The van der Waals surface area contributed by atoms with E-state index in [0.29, 0.717) is 0 Å². The zero-order chi connectivity index (χ0) is 15.6. The van der Waals surface area contributed by atoms with Crippen molar-refractivity contribution in [2.45, 2.75) is 13.0 Å². The van der Waals surface area contributed by atoms with Crippen LogP contribution < -0.4 is 5.32 Å². The first-order chi connectivity index (χ1) is 11.3. The molecule has 1 atom stereocenters. The third-order valence-electron chi connectivity index (χ3n) is 3.77. The van der Waals surface area contributed by atoms with Crippen LogP contribution >= 0.6 is 11.3 Å². The SMILES string of the molecule is Cc1nnc(NC(c2ccncc2)c2c[nH]c3ccccc23)s1. The average Bonchev–Trinajstić information content (AvgIpc) is 3.20. The Hall–Kier alpha value is -2.73. The number of pyridine rings is 1. The minimum atomic E-state index is -0.0125. The van der Waals surface area contributed by atoms with Crippen molar-refractivity contribution in [3.8, 4) is 0 Å². The van der Waals surface area contributed by atoms with Gasteiger partial charge >= 0.3 is 0 Å². The molecular formula is C17H15N5S. The molecule has 0 aliphatic carbocycles. The third-order valence-corrected chi connectivity index (χ3v) is 4.54. The van der Waals surface area contributed by atoms with Crippen LogP contribution in [-0.2, 0) is 0 Å². The number of hydrogen-bond donors (Lipinski definition) is 2. The van der Waals surface area contributed by atoms with E-state index >= 15 is 0 Å². The molecule has 0 saturated carbocycles. The Kier molecular flexibility index (Phi) is 3.51. The number of nitrogens with zero attached hydrogens (tertiary/aromatic N) is 3. The highest BCUT2D eigenvalue weighted by atomic mass is 32.1. The zero-order valence-electron chi connectivity index (χ0n) is 12.5. The Morgan fingerprint density at radius 2 is 1.91 bits per heavy atom. The molecule has 0 fully saturated rings. The van der Waals surface area contributed by atoms with Gasteiger partial charge in [0.1, 0.15) is 5.01 Å². The lowest BCUT2D eigenvalue weighted by Gasteiger charge is -2.18. The minimum absolute atomic E-state index is 0.0125. The van der Waals surface area contributed by atoms with Crippen LogP contribution in [0.15, 0.2) is 55.0 Å². The molecule has 0 amide bonds. The Balaban J connectivity index is 1.81. The number of aromatic nitrogens is 4. The second kappa shape index (κ2) is 5.81. The van der Waals surface area contributed by atoms with Crippen molar-refractivity contribution >= 4 is 27.4 Å². The van der Waals surface area contributed by atoms with Gasteiger partial charge in [-0.25, -0.2) is 0 Å². The number of benzene rings is 1. The molecule has 4 rings (SSSR count). The van der Waals surface area contributed by atoms with Gasteiger partial charge in [0.2, 0.25) is 5.13 Å². The summed E-state index contributed by atoms with van der Waals surface area (Å²) < 4.78 is 0. The van der Waals surface area contributed by atoms with Gasteiger partial charge in [0, 0.05) is 35.1 Å². The monoisotopic (exact) mass is 321 g/mol. The average molecular weight is 321 g/mol. The smallest absolute Gasteiger partial charge is 0.206 e. The number of nitrogens with one attached hydrogen (secondary N) is 2. The molecule has 1 aromatic carbocycles. The molecule has 2 N–H and O–H groups in total. The van der Waals surface area contributed by atoms with Gasteiger partial charge in [0.25, 0.3) is 0 Å². The van der Waals surface area contributed by atoms with Crippen LogP contribution in [-0.4, -0.2) is 20.2 Å². The Morgan fingerprint density at radius 1 is 1.09 bits per heavy atom. The molecule has 23 heavy (non-hydrogen) atoms. The van der Waals surface area contributed by atoms with Gasteiger partial charge in [0.05, 0.1) is 6.04 Å². The van der Waals surface area contributed by atoms with Crippen LogP contribution in [0.4, 0.5) is 5.13 Å². The van der Waals surface area contributed by atoms with Crippen LogP contribution in [0.1, 0.15) is 22.2 Å². The maximum atomic E-state index is 4.20. The lowest BCUT2D eigenvalue weighted by Crippen LogP contribution is -2.12. The molecule has 3 heterocycles. The molecule has 0 radical (unpaired) electrons. The number of rotatable bonds is 4. The largest absolute Gasteiger partial charge is 0.361 e. The summed E-state index contributed by atoms with van der Waals surface area (Å²) in [4.78, 5) is 7.46. The molecule has 5 nitrogen and oxygen atoms in total. The number of H-pyrrole nitrogens is 1. The summed E-state index contributed by atoms with van der Waals surface area (Å²) in [5.74, 6) is 0. The van der Waals surface area contributed by atoms with Gasteiger partial charge < -0.3 is 10.3 Å². The fourth-order valence-corrected chi connectivity index (χ4v) is 3.33. The lowest BCUT2D eigenvalue weighted by molar-refractivity contribution is 0.923. The van der Waals surface area contributed by atoms with Crippen molar-refractivity contribution in [3.05, 3.63) is 71.1 Å². The maximum absolute atomic E-state index is 4.20. The summed E-state index contributed by atoms with van der Waals surface area (Å²) in [6.45, 7) is 1.95. The molecule has 114 valence electrons. The standard InChI is InChI=1S/C17H15N5S/c1-11-21-22-17(23-11)20-16(12-6-8-18-9-7-12)14-10-19-15-5-3-2-4-13(14)15/h2-10,16,19H,1H3,(H,20,22). The van der Waals surface area contributed by atoms with E-state index < -0.39 is 0 Å². The number of hydrogen-bond acceptors (Lipinski definition) is 5. The minimum Gasteiger partial charge on any atom is -0.361 e. The fraction of sp³-hybridized carbons (Fsp3) is 0.118. The van der Waals surface area contributed by atoms with E-state index in [1.54, 1.807) is 11.3 Å². The summed E-state index contributed by atoms with van der Waals surface area (Å²) in [6, 6.07) is 12.3. The van der Waals surface area contributed by atoms with Gasteiger partial charge in [0.15, 0.2) is 0 Å². The lowest BCUT2D eigenvalue weighted by atomic mass is 9.99. The number of para-hydroxylation sites is 1. The van der Waals surface area contributed by atoms with Gasteiger partial charge in [-0.1, -0.05) is 29.5 Å². The molecule has 0 bridgehead atoms. The highest BCUT2D eigenvalue weighted by molar-refractivity contribution is 7.15. The normalized spacial score (nSPS) is 12.4. The fourth-order valence-electron chi connectivity index (χ4n) is 2.71. The van der Waals surface area contributed by atoms with E-state index in [1.807, 2.05) is 37.5 Å². The molecular weight excluding hydrogens is 306 g/mol. The second-order valence-electron chi connectivity index (χ2n) is 5.27. The topological polar surface area (TPSA) is 66.5 Å². The van der Waals surface area contributed by atoms with Crippen LogP contribution in [0, 0.1) is 6.92 Å². The van der Waals surface area contributed by atoms with Gasteiger partial charge in [-0.05, 0) is 30.7 Å². The molecule has 6 heteroatoms. The highest BCUT2D eigenvalue weighted by Gasteiger charge is 2.19. The van der Waals surface area contributed by atoms with Crippen molar-refractivity contribution in [1.82, 2.24) is 20.2 Å². The van der Waals surface area contributed by atoms with E-state index in [-0.39, 0.29) is 6.04 Å². The first-order valence-electron chi connectivity index (χ1n) is 7.34. The van der Waals surface area contributed by atoms with E-state index in [9.17, 15) is 0 Å². The molecule has 1 unspecified atom stereocenters. The zero-order valence-corrected chi connectivity index (χ0v) is 13.3. The van der Waals surface area contributed by atoms with E-state index in [1.165, 1.54) is 10.9 Å². The molecule has 3 aromatic heterocycles. The van der Waals surface area contributed by atoms with Gasteiger partial charge in [-0.15, -0.1) is 10.2 Å². The number of fused-ring (bicyclic) bond motifs is 1. The van der Waals surface area contributed by atoms with Gasteiger partial charge in [-0.2, -0.15) is 0 Å². The van der Waals surface area contributed by atoms with Crippen LogP contribution in [0.2, 0.25) is 0 Å². The van der Waals surface area contributed by atoms with Crippen molar-refractivity contribution < 1.29 is 0 Å². The number of aryl methyl sites for hydroxylation is 1. The summed E-state index contributed by atoms with van der Waals surface area (Å²) in [5, 5.41) is 14.8. The summed E-state index contributed by atoms with van der Waals surface area (Å²) >= 11 is 1.55. The van der Waals surface area contributed by atoms with Gasteiger partial charge in [-0.3, -0.25) is 4.98 Å². The first kappa shape index (κ1) is 13.9. The van der Waals surface area contributed by atoms with Crippen molar-refractivity contribution in [2.24, 2.45) is 0 Å².